The Labute approximate surface area is 181 Å². The molecular formula is C22H11F6N3O2. The Hall–Kier alpha value is -4.15. The highest BCUT2D eigenvalue weighted by molar-refractivity contribution is 6.09. The summed E-state index contributed by atoms with van der Waals surface area (Å²) in [4.78, 5) is 28.1. The Morgan fingerprint density at radius 1 is 0.848 bits per heavy atom. The number of carbonyl (C=O) groups excluding carboxylic acids is 2. The molecule has 4 rings (SSSR count). The minimum atomic E-state index is -5.30. The molecule has 1 amide bonds. The summed E-state index contributed by atoms with van der Waals surface area (Å²) in [6.45, 7) is 0. The lowest BCUT2D eigenvalue weighted by atomic mass is 10.1. The van der Waals surface area contributed by atoms with Crippen LogP contribution < -0.4 is 5.32 Å². The van der Waals surface area contributed by atoms with E-state index in [1.807, 2.05) is 0 Å². The van der Waals surface area contributed by atoms with Gasteiger partial charge in [0.05, 0.1) is 0 Å². The molecule has 5 nitrogen and oxygen atoms in total. The lowest BCUT2D eigenvalue weighted by Crippen LogP contribution is -2.30. The van der Waals surface area contributed by atoms with E-state index >= 15 is 0 Å². The number of nitrogens with zero attached hydrogens (tertiary/aromatic N) is 2. The van der Waals surface area contributed by atoms with Crippen molar-refractivity contribution in [1.29, 1.82) is 0 Å². The molecule has 0 aliphatic rings. The molecule has 2 aromatic heterocycles. The van der Waals surface area contributed by atoms with Crippen molar-refractivity contribution in [3.05, 3.63) is 89.4 Å². The summed E-state index contributed by atoms with van der Waals surface area (Å²) in [6.07, 6.45) is -4.15. The molecule has 2 heterocycles. The molecule has 4 aromatic rings. The molecular weight excluding hydrogens is 452 g/mol. The van der Waals surface area contributed by atoms with Crippen molar-refractivity contribution in [2.24, 2.45) is 0 Å². The number of amides is 1. The summed E-state index contributed by atoms with van der Waals surface area (Å²) in [7, 11) is 0. The number of aromatic nitrogens is 2. The number of fused-ring (bicyclic) bond motifs is 1. The number of benzene rings is 2. The Morgan fingerprint density at radius 2 is 1.55 bits per heavy atom. The van der Waals surface area contributed by atoms with E-state index in [0.717, 1.165) is 16.7 Å². The van der Waals surface area contributed by atoms with Gasteiger partial charge in [0.1, 0.15) is 11.3 Å². The molecule has 0 saturated heterocycles. The first-order chi connectivity index (χ1) is 15.6. The fraction of sp³-hybridized carbons (Fsp3) is 0.0455. The lowest BCUT2D eigenvalue weighted by Gasteiger charge is -2.10. The Bertz CT molecular complexity index is 1400. The predicted molar refractivity (Wildman–Crippen MR) is 105 cm³/mol. The molecule has 0 spiro atoms. The molecule has 0 aliphatic carbocycles. The van der Waals surface area contributed by atoms with E-state index in [-0.39, 0.29) is 11.2 Å². The van der Waals surface area contributed by atoms with Crippen molar-refractivity contribution in [3.63, 3.8) is 0 Å². The Balaban J connectivity index is 1.94. The minimum Gasteiger partial charge on any atom is -0.301 e. The third kappa shape index (κ3) is 4.04. The summed E-state index contributed by atoms with van der Waals surface area (Å²) < 4.78 is 81.3. The normalized spacial score (nSPS) is 11.6. The third-order valence-electron chi connectivity index (χ3n) is 4.70. The molecule has 2 aromatic carbocycles. The van der Waals surface area contributed by atoms with Crippen LogP contribution in [-0.4, -0.2) is 27.3 Å². The maximum absolute atomic E-state index is 14.6. The van der Waals surface area contributed by atoms with Crippen LogP contribution in [0.5, 0.6) is 0 Å². The van der Waals surface area contributed by atoms with Gasteiger partial charge in [0.25, 0.3) is 0 Å². The zero-order valence-corrected chi connectivity index (χ0v) is 16.3. The number of hydrogen-bond acceptors (Lipinski definition) is 3. The van der Waals surface area contributed by atoms with Crippen molar-refractivity contribution in [1.82, 2.24) is 9.38 Å². The lowest BCUT2D eigenvalue weighted by molar-refractivity contribution is -0.167. The summed E-state index contributed by atoms with van der Waals surface area (Å²) in [6, 6.07) is 11.9. The van der Waals surface area contributed by atoms with Crippen LogP contribution in [0.3, 0.4) is 0 Å². The average Bonchev–Trinajstić information content (AvgIpc) is 3.14. The highest BCUT2D eigenvalue weighted by atomic mass is 19.4. The van der Waals surface area contributed by atoms with Crippen LogP contribution in [0.1, 0.15) is 15.9 Å². The van der Waals surface area contributed by atoms with Crippen molar-refractivity contribution in [2.45, 2.75) is 6.18 Å². The first kappa shape index (κ1) is 22.1. The van der Waals surface area contributed by atoms with Crippen molar-refractivity contribution in [3.8, 4) is 11.3 Å². The largest absolute Gasteiger partial charge is 0.471 e. The van der Waals surface area contributed by atoms with E-state index in [2.05, 4.69) is 4.98 Å². The molecule has 0 aliphatic heterocycles. The van der Waals surface area contributed by atoms with E-state index < -0.39 is 52.4 Å². The van der Waals surface area contributed by atoms with E-state index in [0.29, 0.717) is 11.6 Å². The number of halogens is 6. The van der Waals surface area contributed by atoms with Crippen LogP contribution in [0, 0.1) is 17.5 Å². The van der Waals surface area contributed by atoms with Gasteiger partial charge in [0.15, 0.2) is 29.1 Å². The van der Waals surface area contributed by atoms with Crippen LogP contribution >= 0.6 is 0 Å². The maximum Gasteiger partial charge on any atom is 0.471 e. The smallest absolute Gasteiger partial charge is 0.301 e. The predicted octanol–water partition coefficient (Wildman–Crippen LogP) is 5.15. The van der Waals surface area contributed by atoms with Gasteiger partial charge < -0.3 is 5.32 Å². The number of imidazole rings is 1. The Kier molecular flexibility index (Phi) is 5.40. The summed E-state index contributed by atoms with van der Waals surface area (Å²) in [5, 5.41) is 1.52. The first-order valence-electron chi connectivity index (χ1n) is 9.22. The van der Waals surface area contributed by atoms with Crippen molar-refractivity contribution < 1.29 is 35.9 Å². The van der Waals surface area contributed by atoms with Crippen molar-refractivity contribution >= 4 is 23.2 Å². The van der Waals surface area contributed by atoms with Crippen LogP contribution in [0.4, 0.5) is 32.2 Å². The van der Waals surface area contributed by atoms with Gasteiger partial charge in [-0.3, -0.25) is 14.0 Å². The van der Waals surface area contributed by atoms with Gasteiger partial charge >= 0.3 is 12.1 Å². The van der Waals surface area contributed by atoms with Gasteiger partial charge in [-0.15, -0.1) is 0 Å². The van der Waals surface area contributed by atoms with Crippen LogP contribution in [0.15, 0.2) is 60.8 Å². The number of pyridine rings is 1. The second-order valence-corrected chi connectivity index (χ2v) is 6.82. The molecule has 0 saturated carbocycles. The zero-order valence-electron chi connectivity index (χ0n) is 16.3. The number of hydrogen-bond donors (Lipinski definition) is 1. The molecule has 11 heteroatoms. The van der Waals surface area contributed by atoms with Gasteiger partial charge in [-0.2, -0.15) is 13.2 Å². The summed E-state index contributed by atoms with van der Waals surface area (Å²) in [5.41, 5.74) is -0.937. The monoisotopic (exact) mass is 463 g/mol. The number of anilines is 1. The van der Waals surface area contributed by atoms with E-state index in [1.54, 1.807) is 18.2 Å². The molecule has 1 N–H and O–H groups in total. The maximum atomic E-state index is 14.6. The molecule has 0 atom stereocenters. The number of carbonyl (C=O) groups is 2. The van der Waals surface area contributed by atoms with Gasteiger partial charge in [-0.05, 0) is 24.3 Å². The highest BCUT2D eigenvalue weighted by Gasteiger charge is 2.40. The first-order valence-corrected chi connectivity index (χ1v) is 9.22. The summed E-state index contributed by atoms with van der Waals surface area (Å²) in [5.74, 6) is -8.73. The van der Waals surface area contributed by atoms with Crippen LogP contribution in [0.2, 0.25) is 0 Å². The average molecular weight is 463 g/mol. The van der Waals surface area contributed by atoms with E-state index in [9.17, 15) is 35.9 Å². The molecule has 0 unspecified atom stereocenters. The number of ketones is 1. The van der Waals surface area contributed by atoms with Gasteiger partial charge in [0, 0.05) is 22.9 Å². The van der Waals surface area contributed by atoms with E-state index in [1.165, 1.54) is 29.6 Å². The van der Waals surface area contributed by atoms with Crippen LogP contribution in [-0.2, 0) is 4.79 Å². The third-order valence-corrected chi connectivity index (χ3v) is 4.70. The second kappa shape index (κ2) is 8.08. The fourth-order valence-electron chi connectivity index (χ4n) is 3.17. The SMILES string of the molecule is O=C(c1ccccc1)c1ccc2nc(NC(=O)C(F)(F)F)c(-c3ccc(F)c(F)c3F)n2c1. The number of rotatable bonds is 4. The Morgan fingerprint density at radius 3 is 2.21 bits per heavy atom. The zero-order chi connectivity index (χ0) is 23.9. The summed E-state index contributed by atoms with van der Waals surface area (Å²) >= 11 is 0. The van der Waals surface area contributed by atoms with Crippen molar-refractivity contribution in [2.75, 3.05) is 5.32 Å². The topological polar surface area (TPSA) is 63.5 Å². The quantitative estimate of drug-likeness (QED) is 0.259. The molecule has 33 heavy (non-hydrogen) atoms. The van der Waals surface area contributed by atoms with Gasteiger partial charge in [-0.1, -0.05) is 30.3 Å². The van der Waals surface area contributed by atoms with Gasteiger partial charge in [-0.25, -0.2) is 18.2 Å². The standard InChI is InChI=1S/C22H11F6N3O2/c23-14-8-7-13(16(24)17(14)25)18-20(30-21(33)22(26,27)28)29-15-9-6-12(10-31(15)18)19(32)11-4-2-1-3-5-11/h1-10H,(H,30,33). The number of nitrogens with one attached hydrogen (secondary N) is 1. The number of alkyl halides is 3. The fourth-order valence-corrected chi connectivity index (χ4v) is 3.17. The molecule has 0 fully saturated rings. The molecule has 168 valence electrons. The van der Waals surface area contributed by atoms with Gasteiger partial charge in [0.2, 0.25) is 0 Å². The molecule has 0 radical (unpaired) electrons. The van der Waals surface area contributed by atoms with E-state index in [4.69, 9.17) is 0 Å². The highest BCUT2D eigenvalue weighted by Crippen LogP contribution is 2.34. The minimum absolute atomic E-state index is 0.0454. The second-order valence-electron chi connectivity index (χ2n) is 6.82. The van der Waals surface area contributed by atoms with Crippen LogP contribution in [0.25, 0.3) is 16.9 Å². The molecule has 0 bridgehead atoms.